The zero-order chi connectivity index (χ0) is 14.7. The molecule has 0 aromatic carbocycles. The minimum Gasteiger partial charge on any atom is -0.477 e. The van der Waals surface area contributed by atoms with Gasteiger partial charge in [0.05, 0.1) is 0 Å². The van der Waals surface area contributed by atoms with Crippen LogP contribution in [-0.2, 0) is 0 Å². The lowest BCUT2D eigenvalue weighted by atomic mass is 10.0. The number of amides is 1. The van der Waals surface area contributed by atoms with E-state index in [1.165, 1.54) is 6.07 Å². The first kappa shape index (κ1) is 14.5. The van der Waals surface area contributed by atoms with E-state index >= 15 is 0 Å². The molecule has 0 radical (unpaired) electrons. The Morgan fingerprint density at radius 2 is 2.10 bits per heavy atom. The van der Waals surface area contributed by atoms with E-state index in [9.17, 15) is 9.59 Å². The minimum atomic E-state index is -1.11. The highest BCUT2D eigenvalue weighted by Crippen LogP contribution is 2.24. The molecule has 0 saturated carbocycles. The number of aromatic carboxylic acids is 1. The molecule has 1 aromatic heterocycles. The molecule has 2 rings (SSSR count). The Morgan fingerprint density at radius 1 is 1.40 bits per heavy atom. The van der Waals surface area contributed by atoms with E-state index in [0.29, 0.717) is 5.92 Å². The van der Waals surface area contributed by atoms with Gasteiger partial charge < -0.3 is 10.0 Å². The highest BCUT2D eigenvalue weighted by Gasteiger charge is 2.30. The molecule has 1 aliphatic rings. The number of nitrogens with zero attached hydrogens (tertiary/aromatic N) is 2. The monoisotopic (exact) mass is 276 g/mol. The molecule has 0 unspecified atom stereocenters. The maximum atomic E-state index is 12.5. The van der Waals surface area contributed by atoms with E-state index in [1.54, 1.807) is 12.1 Å². The maximum Gasteiger partial charge on any atom is 0.354 e. The summed E-state index contributed by atoms with van der Waals surface area (Å²) in [7, 11) is 0. The fourth-order valence-corrected chi connectivity index (χ4v) is 2.71. The SMILES string of the molecule is CC(C)C[C@H]1CCCN1C(=O)c1cccc(C(=O)O)n1. The molecule has 0 bridgehead atoms. The van der Waals surface area contributed by atoms with Crippen LogP contribution in [0, 0.1) is 5.92 Å². The van der Waals surface area contributed by atoms with E-state index in [4.69, 9.17) is 5.11 Å². The second-order valence-electron chi connectivity index (χ2n) is 5.64. The number of hydrogen-bond donors (Lipinski definition) is 1. The van der Waals surface area contributed by atoms with Crippen molar-refractivity contribution in [1.29, 1.82) is 0 Å². The van der Waals surface area contributed by atoms with Crippen molar-refractivity contribution in [3.8, 4) is 0 Å². The lowest BCUT2D eigenvalue weighted by Crippen LogP contribution is -2.36. The average Bonchev–Trinajstić information content (AvgIpc) is 2.85. The summed E-state index contributed by atoms with van der Waals surface area (Å²) >= 11 is 0. The van der Waals surface area contributed by atoms with Gasteiger partial charge in [-0.2, -0.15) is 0 Å². The molecule has 1 fully saturated rings. The van der Waals surface area contributed by atoms with Crippen LogP contribution in [0.2, 0.25) is 0 Å². The quantitative estimate of drug-likeness (QED) is 0.917. The fourth-order valence-electron chi connectivity index (χ4n) is 2.71. The van der Waals surface area contributed by atoms with E-state index in [-0.39, 0.29) is 23.3 Å². The normalized spacial score (nSPS) is 18.6. The van der Waals surface area contributed by atoms with Gasteiger partial charge in [0.2, 0.25) is 0 Å². The van der Waals surface area contributed by atoms with Gasteiger partial charge in [-0.05, 0) is 37.3 Å². The summed E-state index contributed by atoms with van der Waals surface area (Å²) in [6.45, 7) is 5.02. The Morgan fingerprint density at radius 3 is 2.75 bits per heavy atom. The Balaban J connectivity index is 2.18. The third kappa shape index (κ3) is 3.15. The van der Waals surface area contributed by atoms with Crippen molar-refractivity contribution in [2.45, 2.75) is 39.2 Å². The smallest absolute Gasteiger partial charge is 0.354 e. The predicted molar refractivity (Wildman–Crippen MR) is 74.7 cm³/mol. The number of likely N-dealkylation sites (tertiary alicyclic amines) is 1. The molecule has 5 nitrogen and oxygen atoms in total. The highest BCUT2D eigenvalue weighted by atomic mass is 16.4. The lowest BCUT2D eigenvalue weighted by Gasteiger charge is -2.25. The fraction of sp³-hybridized carbons (Fsp3) is 0.533. The molecule has 1 atom stereocenters. The van der Waals surface area contributed by atoms with Crippen LogP contribution in [-0.4, -0.2) is 39.5 Å². The van der Waals surface area contributed by atoms with Crippen LogP contribution >= 0.6 is 0 Å². The predicted octanol–water partition coefficient (Wildman–Crippen LogP) is 2.43. The Hall–Kier alpha value is -1.91. The lowest BCUT2D eigenvalue weighted by molar-refractivity contribution is 0.0689. The molecule has 108 valence electrons. The van der Waals surface area contributed by atoms with Crippen LogP contribution in [0.1, 0.15) is 54.1 Å². The van der Waals surface area contributed by atoms with Crippen molar-refractivity contribution >= 4 is 11.9 Å². The molecular formula is C15H20N2O3. The van der Waals surface area contributed by atoms with Crippen LogP contribution in [0.25, 0.3) is 0 Å². The summed E-state index contributed by atoms with van der Waals surface area (Å²) in [5, 5.41) is 8.94. The van der Waals surface area contributed by atoms with Crippen LogP contribution < -0.4 is 0 Å². The molecule has 0 spiro atoms. The Labute approximate surface area is 118 Å². The van der Waals surface area contributed by atoms with Gasteiger partial charge in [-0.15, -0.1) is 0 Å². The third-order valence-electron chi connectivity index (χ3n) is 3.57. The molecule has 1 aromatic rings. The summed E-state index contributed by atoms with van der Waals surface area (Å²) < 4.78 is 0. The summed E-state index contributed by atoms with van der Waals surface area (Å²) in [5.74, 6) is -0.734. The first-order valence-corrected chi connectivity index (χ1v) is 7.00. The number of pyridine rings is 1. The number of rotatable bonds is 4. The molecule has 0 aliphatic carbocycles. The summed E-state index contributed by atoms with van der Waals surface area (Å²) in [6.07, 6.45) is 2.99. The van der Waals surface area contributed by atoms with Crippen molar-refractivity contribution in [3.05, 3.63) is 29.6 Å². The Bertz CT molecular complexity index is 514. The first-order chi connectivity index (χ1) is 9.49. The minimum absolute atomic E-state index is 0.0875. The van der Waals surface area contributed by atoms with Crippen molar-refractivity contribution in [1.82, 2.24) is 9.88 Å². The molecule has 20 heavy (non-hydrogen) atoms. The number of hydrogen-bond acceptors (Lipinski definition) is 3. The van der Waals surface area contributed by atoms with Gasteiger partial charge >= 0.3 is 5.97 Å². The summed E-state index contributed by atoms with van der Waals surface area (Å²) in [6, 6.07) is 4.80. The second-order valence-corrected chi connectivity index (χ2v) is 5.64. The molecular weight excluding hydrogens is 256 g/mol. The molecule has 1 saturated heterocycles. The van der Waals surface area contributed by atoms with Crippen LogP contribution in [0.5, 0.6) is 0 Å². The van der Waals surface area contributed by atoms with Crippen LogP contribution in [0.15, 0.2) is 18.2 Å². The zero-order valence-corrected chi connectivity index (χ0v) is 11.9. The third-order valence-corrected chi connectivity index (χ3v) is 3.57. The number of carbonyl (C=O) groups excluding carboxylic acids is 1. The number of carbonyl (C=O) groups is 2. The zero-order valence-electron chi connectivity index (χ0n) is 11.9. The summed E-state index contributed by atoms with van der Waals surface area (Å²) in [4.78, 5) is 29.2. The maximum absolute atomic E-state index is 12.5. The van der Waals surface area contributed by atoms with Gasteiger partial charge in [0.15, 0.2) is 0 Å². The van der Waals surface area contributed by atoms with Crippen molar-refractivity contribution < 1.29 is 14.7 Å². The van der Waals surface area contributed by atoms with Crippen LogP contribution in [0.3, 0.4) is 0 Å². The van der Waals surface area contributed by atoms with Crippen molar-refractivity contribution in [3.63, 3.8) is 0 Å². The summed E-state index contributed by atoms with van der Waals surface area (Å²) in [5.41, 5.74) is 0.135. The van der Waals surface area contributed by atoms with E-state index in [2.05, 4.69) is 18.8 Å². The first-order valence-electron chi connectivity index (χ1n) is 7.00. The van der Waals surface area contributed by atoms with Crippen molar-refractivity contribution in [2.24, 2.45) is 5.92 Å². The van der Waals surface area contributed by atoms with Gasteiger partial charge in [0.1, 0.15) is 11.4 Å². The molecule has 1 aliphatic heterocycles. The van der Waals surface area contributed by atoms with Crippen molar-refractivity contribution in [2.75, 3.05) is 6.54 Å². The second kappa shape index (κ2) is 6.03. The van der Waals surface area contributed by atoms with E-state index < -0.39 is 5.97 Å². The van der Waals surface area contributed by atoms with Gasteiger partial charge in [-0.25, -0.2) is 9.78 Å². The standard InChI is InChI=1S/C15H20N2O3/c1-10(2)9-11-5-4-8-17(11)14(18)12-6-3-7-13(16-12)15(19)20/h3,6-7,10-11H,4-5,8-9H2,1-2H3,(H,19,20)/t11-/m1/s1. The number of carboxylic acid groups (broad SMARTS) is 1. The topological polar surface area (TPSA) is 70.5 Å². The molecule has 1 amide bonds. The molecule has 5 heteroatoms. The number of carboxylic acids is 1. The van der Waals surface area contributed by atoms with Crippen LogP contribution in [0.4, 0.5) is 0 Å². The largest absolute Gasteiger partial charge is 0.477 e. The van der Waals surface area contributed by atoms with Gasteiger partial charge in [-0.3, -0.25) is 4.79 Å². The van der Waals surface area contributed by atoms with E-state index in [1.807, 2.05) is 4.90 Å². The molecule has 1 N–H and O–H groups in total. The average molecular weight is 276 g/mol. The Kier molecular flexibility index (Phi) is 4.37. The molecule has 2 heterocycles. The number of aromatic nitrogens is 1. The highest BCUT2D eigenvalue weighted by molar-refractivity contribution is 5.94. The van der Waals surface area contributed by atoms with Gasteiger partial charge in [-0.1, -0.05) is 19.9 Å². The van der Waals surface area contributed by atoms with Gasteiger partial charge in [0.25, 0.3) is 5.91 Å². The van der Waals surface area contributed by atoms with Gasteiger partial charge in [0, 0.05) is 12.6 Å². The van der Waals surface area contributed by atoms with E-state index in [0.717, 1.165) is 25.8 Å².